The van der Waals surface area contributed by atoms with Crippen molar-refractivity contribution in [1.29, 1.82) is 0 Å². The Bertz CT molecular complexity index is 59.8. The highest BCUT2D eigenvalue weighted by atomic mass is 16.3. The molecule has 0 aliphatic rings. The minimum Gasteiger partial charge on any atom is -0.384 e. The lowest BCUT2D eigenvalue weighted by atomic mass is 10.4. The van der Waals surface area contributed by atoms with E-state index in [1.807, 2.05) is 0 Å². The van der Waals surface area contributed by atoms with Crippen molar-refractivity contribution >= 4 is 5.91 Å². The second-order valence-electron chi connectivity index (χ2n) is 1.08. The minimum absolute atomic E-state index is 0.685. The second-order valence-corrected chi connectivity index (χ2v) is 1.08. The molecule has 0 aliphatic heterocycles. The summed E-state index contributed by atoms with van der Waals surface area (Å²) in [4.78, 5) is 9.67. The van der Waals surface area contributed by atoms with Crippen LogP contribution in [0.4, 0.5) is 0 Å². The van der Waals surface area contributed by atoms with Crippen LogP contribution in [0, 0.1) is 0 Å². The summed E-state index contributed by atoms with van der Waals surface area (Å²) in [5, 5.41) is 8.16. The summed E-state index contributed by atoms with van der Waals surface area (Å²) in [7, 11) is 0. The van der Waals surface area contributed by atoms with Gasteiger partial charge < -0.3 is 10.8 Å². The number of carbonyl (C=O) groups is 1. The monoisotopic (exact) mass is 90.0 g/mol. The van der Waals surface area contributed by atoms with Crippen LogP contribution in [0.1, 0.15) is 6.92 Å². The first-order valence-electron chi connectivity index (χ1n) is 1.62. The molecule has 1 atom stereocenters. The van der Waals surface area contributed by atoms with Crippen LogP contribution in [0.5, 0.6) is 0 Å². The van der Waals surface area contributed by atoms with Crippen LogP contribution in [0.15, 0.2) is 0 Å². The average Bonchev–Trinajstić information content (AvgIpc) is 1.36. The summed E-state index contributed by atoms with van der Waals surface area (Å²) in [6, 6.07) is 0. The Labute approximate surface area is 35.8 Å². The Morgan fingerprint density at radius 1 is 2.00 bits per heavy atom. The minimum atomic E-state index is -1.01. The fraction of sp³-hybridized carbons (Fsp3) is 0.667. The van der Waals surface area contributed by atoms with Gasteiger partial charge in [-0.3, -0.25) is 4.79 Å². The normalized spacial score (nSPS) is 13.7. The van der Waals surface area contributed by atoms with E-state index < -0.39 is 12.0 Å². The number of carbonyl (C=O) groups excluding carboxylic acids is 1. The van der Waals surface area contributed by atoms with Crippen molar-refractivity contribution in [3.63, 3.8) is 0 Å². The first-order valence-corrected chi connectivity index (χ1v) is 1.62. The summed E-state index contributed by atoms with van der Waals surface area (Å²) in [6.45, 7) is 1.32. The molecule has 0 heterocycles. The molecular formula is C3H7NO2. The van der Waals surface area contributed by atoms with Gasteiger partial charge in [0.2, 0.25) is 5.91 Å². The Morgan fingerprint density at radius 2 is 2.17 bits per heavy atom. The zero-order valence-electron chi connectivity index (χ0n) is 3.51. The van der Waals surface area contributed by atoms with Crippen LogP contribution >= 0.6 is 0 Å². The first-order chi connectivity index (χ1) is 2.64. The van der Waals surface area contributed by atoms with E-state index in [0.717, 1.165) is 0 Å². The predicted octanol–water partition coefficient (Wildman–Crippen LogP) is -1.15. The van der Waals surface area contributed by atoms with E-state index in [2.05, 4.69) is 5.73 Å². The van der Waals surface area contributed by atoms with Gasteiger partial charge in [0.1, 0.15) is 6.10 Å². The van der Waals surface area contributed by atoms with Gasteiger partial charge in [-0.05, 0) is 6.92 Å². The predicted molar refractivity (Wildman–Crippen MR) is 20.9 cm³/mol. The van der Waals surface area contributed by atoms with Crippen molar-refractivity contribution in [3.05, 3.63) is 0 Å². The zero-order chi connectivity index (χ0) is 5.15. The summed E-state index contributed by atoms with van der Waals surface area (Å²) in [5.41, 5.74) is 4.55. The van der Waals surface area contributed by atoms with Gasteiger partial charge >= 0.3 is 0 Å². The van der Waals surface area contributed by atoms with E-state index in [1.54, 1.807) is 0 Å². The SMILES string of the molecule is CC(O)C([15NH2])=O. The Morgan fingerprint density at radius 3 is 2.17 bits per heavy atom. The first kappa shape index (κ1) is 5.43. The van der Waals surface area contributed by atoms with Gasteiger partial charge in [-0.15, -0.1) is 0 Å². The quantitative estimate of drug-likeness (QED) is 0.399. The van der Waals surface area contributed by atoms with E-state index in [-0.39, 0.29) is 0 Å². The Hall–Kier alpha value is -0.570. The number of rotatable bonds is 1. The zero-order valence-corrected chi connectivity index (χ0v) is 3.51. The molecule has 0 bridgehead atoms. The van der Waals surface area contributed by atoms with E-state index in [4.69, 9.17) is 5.11 Å². The molecule has 3 N–H and O–H groups in total. The van der Waals surface area contributed by atoms with E-state index in [1.165, 1.54) is 6.92 Å². The number of primary amides is 1. The molecule has 0 saturated carbocycles. The van der Waals surface area contributed by atoms with Crippen molar-refractivity contribution in [2.24, 2.45) is 5.73 Å². The topological polar surface area (TPSA) is 63.3 Å². The Balaban J connectivity index is 3.26. The molecule has 1 amide bonds. The summed E-state index contributed by atoms with van der Waals surface area (Å²) in [6.07, 6.45) is -1.01. The summed E-state index contributed by atoms with van der Waals surface area (Å²) >= 11 is 0. The molecule has 0 aromatic carbocycles. The molecule has 0 aromatic heterocycles. The summed E-state index contributed by atoms with van der Waals surface area (Å²) in [5.74, 6) is -0.685. The fourth-order valence-electron chi connectivity index (χ4n) is 0. The lowest BCUT2D eigenvalue weighted by Crippen LogP contribution is -2.24. The van der Waals surface area contributed by atoms with Crippen molar-refractivity contribution < 1.29 is 9.90 Å². The molecule has 0 spiro atoms. The number of aliphatic hydroxyl groups is 1. The van der Waals surface area contributed by atoms with Crippen molar-refractivity contribution in [1.82, 2.24) is 0 Å². The van der Waals surface area contributed by atoms with Crippen molar-refractivity contribution in [2.45, 2.75) is 13.0 Å². The smallest absolute Gasteiger partial charge is 0.245 e. The van der Waals surface area contributed by atoms with Crippen LogP contribution in [0.2, 0.25) is 0 Å². The largest absolute Gasteiger partial charge is 0.384 e. The van der Waals surface area contributed by atoms with Crippen LogP contribution in [0.3, 0.4) is 0 Å². The third kappa shape index (κ3) is 1.72. The van der Waals surface area contributed by atoms with Crippen molar-refractivity contribution in [3.8, 4) is 0 Å². The molecule has 0 rings (SSSR count). The Kier molecular flexibility index (Phi) is 1.60. The van der Waals surface area contributed by atoms with Gasteiger partial charge in [0.15, 0.2) is 0 Å². The van der Waals surface area contributed by atoms with Gasteiger partial charge in [0.25, 0.3) is 0 Å². The van der Waals surface area contributed by atoms with Crippen molar-refractivity contribution in [2.75, 3.05) is 0 Å². The number of aliphatic hydroxyl groups excluding tert-OH is 1. The molecule has 36 valence electrons. The van der Waals surface area contributed by atoms with Crippen LogP contribution in [-0.4, -0.2) is 17.1 Å². The lowest BCUT2D eigenvalue weighted by molar-refractivity contribution is -0.125. The second kappa shape index (κ2) is 1.77. The fourth-order valence-corrected chi connectivity index (χ4v) is 0. The van der Waals surface area contributed by atoms with Crippen LogP contribution < -0.4 is 5.73 Å². The molecule has 6 heavy (non-hydrogen) atoms. The van der Waals surface area contributed by atoms with Gasteiger partial charge in [0.05, 0.1) is 0 Å². The molecule has 3 heteroatoms. The number of hydrogen-bond donors (Lipinski definition) is 2. The molecule has 0 fully saturated rings. The highest BCUT2D eigenvalue weighted by molar-refractivity contribution is 5.77. The van der Waals surface area contributed by atoms with Gasteiger partial charge in [0, 0.05) is 0 Å². The maximum atomic E-state index is 9.67. The molecule has 0 aromatic rings. The van der Waals surface area contributed by atoms with E-state index in [9.17, 15) is 4.79 Å². The van der Waals surface area contributed by atoms with Crippen LogP contribution in [0.25, 0.3) is 0 Å². The standard InChI is InChI=1S/C3H7NO2/c1-2(5)3(4)6/h2,5H,1H3,(H2,4,6)/i4+1. The summed E-state index contributed by atoms with van der Waals surface area (Å²) < 4.78 is 0. The average molecular weight is 90.1 g/mol. The molecule has 0 aliphatic carbocycles. The highest BCUT2D eigenvalue weighted by Crippen LogP contribution is 1.70. The molecule has 0 radical (unpaired) electrons. The molecule has 0 saturated heterocycles. The highest BCUT2D eigenvalue weighted by Gasteiger charge is 1.98. The molecule has 3 nitrogen and oxygen atoms in total. The molecular weight excluding hydrogens is 83.0 g/mol. The number of amides is 1. The maximum absolute atomic E-state index is 9.67. The van der Waals surface area contributed by atoms with Gasteiger partial charge in [-0.25, -0.2) is 0 Å². The van der Waals surface area contributed by atoms with Gasteiger partial charge in [-0.2, -0.15) is 0 Å². The third-order valence-electron chi connectivity index (χ3n) is 0.412. The number of nitrogens with two attached hydrogens (primary N) is 1. The number of hydrogen-bond acceptors (Lipinski definition) is 2. The lowest BCUT2D eigenvalue weighted by Gasteiger charge is -1.90. The maximum Gasteiger partial charge on any atom is 0.245 e. The van der Waals surface area contributed by atoms with E-state index >= 15 is 0 Å². The third-order valence-corrected chi connectivity index (χ3v) is 0.412. The molecule has 1 unspecified atom stereocenters. The van der Waals surface area contributed by atoms with Crippen LogP contribution in [-0.2, 0) is 4.79 Å². The van der Waals surface area contributed by atoms with E-state index in [0.29, 0.717) is 0 Å². The van der Waals surface area contributed by atoms with Gasteiger partial charge in [-0.1, -0.05) is 0 Å².